The Hall–Kier alpha value is -1.44. The van der Waals surface area contributed by atoms with E-state index in [2.05, 4.69) is 24.1 Å². The molecule has 2 unspecified atom stereocenters. The van der Waals surface area contributed by atoms with Crippen LogP contribution >= 0.6 is 0 Å². The zero-order valence-electron chi connectivity index (χ0n) is 10.9. The van der Waals surface area contributed by atoms with E-state index in [9.17, 15) is 4.79 Å². The topological polar surface area (TPSA) is 30.0 Å². The van der Waals surface area contributed by atoms with Crippen molar-refractivity contribution in [3.63, 3.8) is 0 Å². The van der Waals surface area contributed by atoms with Gasteiger partial charge in [0.05, 0.1) is 11.6 Å². The summed E-state index contributed by atoms with van der Waals surface area (Å²) in [7, 11) is 0. The quantitative estimate of drug-likeness (QED) is 0.794. The number of pyridine rings is 1. The average Bonchev–Trinajstić information content (AvgIpc) is 2.82. The van der Waals surface area contributed by atoms with Crippen molar-refractivity contribution in [1.29, 1.82) is 0 Å². The molecule has 94 valence electrons. The van der Waals surface area contributed by atoms with E-state index in [0.717, 1.165) is 49.3 Å². The minimum atomic E-state index is 0.0286. The normalized spacial score (nSPS) is 26.6. The number of hydrogen-bond acceptors (Lipinski definition) is 2. The fourth-order valence-electron chi connectivity index (χ4n) is 3.08. The molecule has 2 atom stereocenters. The second-order valence-corrected chi connectivity index (χ2v) is 5.61. The first-order chi connectivity index (χ1) is 8.75. The number of aryl methyl sites for hydroxylation is 1. The van der Waals surface area contributed by atoms with Crippen molar-refractivity contribution in [2.24, 2.45) is 5.92 Å². The van der Waals surface area contributed by atoms with Gasteiger partial charge in [0.25, 0.3) is 0 Å². The molecular formula is C16H19NO. The molecule has 0 aromatic carbocycles. The number of allylic oxidation sites excluding steroid dienone is 2. The summed E-state index contributed by atoms with van der Waals surface area (Å²) in [4.78, 5) is 17.0. The van der Waals surface area contributed by atoms with Crippen LogP contribution in [-0.2, 0) is 11.2 Å². The van der Waals surface area contributed by atoms with Gasteiger partial charge >= 0.3 is 0 Å². The van der Waals surface area contributed by atoms with E-state index in [0.29, 0.717) is 5.78 Å². The number of nitrogens with zero attached hydrogens (tertiary/aromatic N) is 1. The summed E-state index contributed by atoms with van der Waals surface area (Å²) in [5.41, 5.74) is 3.35. The third kappa shape index (κ3) is 2.00. The van der Waals surface area contributed by atoms with Gasteiger partial charge in [-0.3, -0.25) is 9.78 Å². The lowest BCUT2D eigenvalue weighted by Crippen LogP contribution is -2.16. The molecule has 0 fully saturated rings. The van der Waals surface area contributed by atoms with Gasteiger partial charge in [0.2, 0.25) is 0 Å². The van der Waals surface area contributed by atoms with Crippen LogP contribution < -0.4 is 0 Å². The minimum Gasteiger partial charge on any atom is -0.294 e. The zero-order chi connectivity index (χ0) is 12.5. The van der Waals surface area contributed by atoms with Crippen LogP contribution in [0.1, 0.15) is 49.8 Å². The molecule has 0 bridgehead atoms. The first-order valence-electron chi connectivity index (χ1n) is 6.92. The second kappa shape index (κ2) is 4.68. The van der Waals surface area contributed by atoms with E-state index >= 15 is 0 Å². The van der Waals surface area contributed by atoms with Crippen LogP contribution in [0.4, 0.5) is 0 Å². The zero-order valence-corrected chi connectivity index (χ0v) is 10.9. The molecule has 0 saturated carbocycles. The van der Waals surface area contributed by atoms with Gasteiger partial charge in [0.15, 0.2) is 5.78 Å². The van der Waals surface area contributed by atoms with E-state index in [4.69, 9.17) is 0 Å². The summed E-state index contributed by atoms with van der Waals surface area (Å²) in [6, 6.07) is 4.07. The fraction of sp³-hybridized carbons (Fsp3) is 0.500. The minimum absolute atomic E-state index is 0.0286. The summed E-state index contributed by atoms with van der Waals surface area (Å²) < 4.78 is 0. The standard InChI is InChI=1S/C16H19NO/c1-11-4-6-13(7-5-11)16(18)14-9-8-12-3-2-10-17-15(12)14/h2-3,6,10-11,14H,4-5,7-9H2,1H3. The molecule has 1 heterocycles. The molecule has 0 N–H and O–H groups in total. The molecule has 1 aromatic heterocycles. The highest BCUT2D eigenvalue weighted by molar-refractivity contribution is 6.00. The molecule has 2 aliphatic carbocycles. The highest BCUT2D eigenvalue weighted by Crippen LogP contribution is 2.36. The maximum absolute atomic E-state index is 12.6. The van der Waals surface area contributed by atoms with Gasteiger partial charge in [0, 0.05) is 6.20 Å². The second-order valence-electron chi connectivity index (χ2n) is 5.61. The van der Waals surface area contributed by atoms with Crippen molar-refractivity contribution in [2.45, 2.75) is 44.9 Å². The van der Waals surface area contributed by atoms with Crippen LogP contribution in [0.5, 0.6) is 0 Å². The molecule has 0 aliphatic heterocycles. The summed E-state index contributed by atoms with van der Waals surface area (Å²) in [6.07, 6.45) is 9.08. The van der Waals surface area contributed by atoms with Gasteiger partial charge < -0.3 is 0 Å². The van der Waals surface area contributed by atoms with Crippen LogP contribution in [0, 0.1) is 5.92 Å². The highest BCUT2D eigenvalue weighted by Gasteiger charge is 2.31. The molecule has 1 aromatic rings. The molecular weight excluding hydrogens is 222 g/mol. The molecule has 2 aliphatic rings. The largest absolute Gasteiger partial charge is 0.294 e. The molecule has 0 radical (unpaired) electrons. The predicted molar refractivity (Wildman–Crippen MR) is 71.4 cm³/mol. The van der Waals surface area contributed by atoms with Crippen molar-refractivity contribution in [3.8, 4) is 0 Å². The fourth-order valence-corrected chi connectivity index (χ4v) is 3.08. The van der Waals surface area contributed by atoms with E-state index < -0.39 is 0 Å². The number of fused-ring (bicyclic) bond motifs is 1. The van der Waals surface area contributed by atoms with Gasteiger partial charge in [-0.05, 0) is 55.2 Å². The number of aromatic nitrogens is 1. The van der Waals surface area contributed by atoms with E-state index in [1.807, 2.05) is 12.3 Å². The predicted octanol–water partition coefficient (Wildman–Crippen LogP) is 3.43. The summed E-state index contributed by atoms with van der Waals surface area (Å²) >= 11 is 0. The van der Waals surface area contributed by atoms with Gasteiger partial charge in [-0.25, -0.2) is 0 Å². The Morgan fingerprint density at radius 1 is 1.33 bits per heavy atom. The smallest absolute Gasteiger partial charge is 0.167 e. The Bertz CT molecular complexity index is 504. The first kappa shape index (κ1) is 11.6. The first-order valence-corrected chi connectivity index (χ1v) is 6.92. The van der Waals surface area contributed by atoms with Crippen molar-refractivity contribution in [3.05, 3.63) is 41.2 Å². The maximum Gasteiger partial charge on any atom is 0.167 e. The van der Waals surface area contributed by atoms with Crippen molar-refractivity contribution in [2.75, 3.05) is 0 Å². The molecule has 0 spiro atoms. The molecule has 2 heteroatoms. The monoisotopic (exact) mass is 241 g/mol. The van der Waals surface area contributed by atoms with Gasteiger partial charge in [-0.1, -0.05) is 19.1 Å². The SMILES string of the molecule is CC1CC=C(C(=O)C2CCc3cccnc32)CC1. The maximum atomic E-state index is 12.6. The number of ketones is 1. The van der Waals surface area contributed by atoms with Crippen LogP contribution in [0.15, 0.2) is 30.0 Å². The Balaban J connectivity index is 1.83. The summed E-state index contributed by atoms with van der Waals surface area (Å²) in [6.45, 7) is 2.25. The summed E-state index contributed by atoms with van der Waals surface area (Å²) in [5.74, 6) is 1.09. The third-order valence-corrected chi connectivity index (χ3v) is 4.26. The average molecular weight is 241 g/mol. The number of carbonyl (C=O) groups excluding carboxylic acids is 1. The molecule has 0 saturated heterocycles. The Morgan fingerprint density at radius 3 is 3.00 bits per heavy atom. The van der Waals surface area contributed by atoms with Crippen LogP contribution in [0.2, 0.25) is 0 Å². The lowest BCUT2D eigenvalue weighted by molar-refractivity contribution is -0.117. The van der Waals surface area contributed by atoms with Crippen molar-refractivity contribution in [1.82, 2.24) is 4.98 Å². The lowest BCUT2D eigenvalue weighted by atomic mass is 9.85. The highest BCUT2D eigenvalue weighted by atomic mass is 16.1. The number of hydrogen-bond donors (Lipinski definition) is 0. The van der Waals surface area contributed by atoms with Gasteiger partial charge in [0.1, 0.15) is 0 Å². The Morgan fingerprint density at radius 2 is 2.22 bits per heavy atom. The van der Waals surface area contributed by atoms with E-state index in [1.165, 1.54) is 5.56 Å². The molecule has 2 nitrogen and oxygen atoms in total. The summed E-state index contributed by atoms with van der Waals surface area (Å²) in [5, 5.41) is 0. The van der Waals surface area contributed by atoms with Crippen molar-refractivity contribution < 1.29 is 4.79 Å². The van der Waals surface area contributed by atoms with Gasteiger partial charge in [-0.2, -0.15) is 0 Å². The molecule has 0 amide bonds. The lowest BCUT2D eigenvalue weighted by Gasteiger charge is -2.19. The number of rotatable bonds is 2. The third-order valence-electron chi connectivity index (χ3n) is 4.26. The van der Waals surface area contributed by atoms with Gasteiger partial charge in [-0.15, -0.1) is 0 Å². The number of Topliss-reactive ketones (excluding diaryl/α,β-unsaturated/α-hetero) is 1. The van der Waals surface area contributed by atoms with Crippen molar-refractivity contribution >= 4 is 5.78 Å². The Labute approximate surface area is 108 Å². The molecule has 18 heavy (non-hydrogen) atoms. The Kier molecular flexibility index (Phi) is 3.02. The van der Waals surface area contributed by atoms with Crippen LogP contribution in [0.25, 0.3) is 0 Å². The number of carbonyl (C=O) groups is 1. The van der Waals surface area contributed by atoms with Crippen LogP contribution in [0.3, 0.4) is 0 Å². The van der Waals surface area contributed by atoms with E-state index in [1.54, 1.807) is 0 Å². The van der Waals surface area contributed by atoms with E-state index in [-0.39, 0.29) is 5.92 Å². The molecule has 3 rings (SSSR count). The van der Waals surface area contributed by atoms with Crippen LogP contribution in [-0.4, -0.2) is 10.8 Å².